The molecule has 2 bridgehead atoms. The topological polar surface area (TPSA) is 115 Å². The highest BCUT2D eigenvalue weighted by Crippen LogP contribution is 2.47. The summed E-state index contributed by atoms with van der Waals surface area (Å²) in [6.45, 7) is 14.4. The fourth-order valence-electron chi connectivity index (χ4n) is 7.85. The smallest absolute Gasteiger partial charge is 0.316 e. The second-order valence-corrected chi connectivity index (χ2v) is 14.4. The highest BCUT2D eigenvalue weighted by atomic mass is 16.7. The van der Waals surface area contributed by atoms with Crippen LogP contribution >= 0.6 is 0 Å². The number of aliphatic hydroxyl groups is 3. The second-order valence-electron chi connectivity index (χ2n) is 14.4. The van der Waals surface area contributed by atoms with E-state index in [0.717, 1.165) is 12.0 Å². The molecule has 0 aromatic heterocycles. The lowest BCUT2D eigenvalue weighted by atomic mass is 9.71. The van der Waals surface area contributed by atoms with E-state index in [0.29, 0.717) is 29.9 Å². The summed E-state index contributed by atoms with van der Waals surface area (Å²) in [5, 5.41) is 34.3. The van der Waals surface area contributed by atoms with E-state index in [1.54, 1.807) is 13.0 Å². The van der Waals surface area contributed by atoms with Crippen LogP contribution in [0, 0.1) is 23.7 Å². The minimum absolute atomic E-state index is 0.109. The molecule has 0 aromatic rings. The molecule has 0 saturated carbocycles. The molecule has 4 heterocycles. The molecular weight excluding hydrogens is 560 g/mol. The van der Waals surface area contributed by atoms with Gasteiger partial charge in [0.15, 0.2) is 5.79 Å². The molecule has 244 valence electrons. The summed E-state index contributed by atoms with van der Waals surface area (Å²) in [6.07, 6.45) is 10.4. The predicted octanol–water partition coefficient (Wildman–Crippen LogP) is 5.09. The van der Waals surface area contributed by atoms with Gasteiger partial charge in [0.05, 0.1) is 24.9 Å². The number of fused-ring (bicyclic) bond motifs is 2. The summed E-state index contributed by atoms with van der Waals surface area (Å²) in [7, 11) is 0. The van der Waals surface area contributed by atoms with Crippen LogP contribution in [0.3, 0.4) is 0 Å². The van der Waals surface area contributed by atoms with Crippen LogP contribution in [0.5, 0.6) is 0 Å². The fraction of sp³-hybridized carbons (Fsp3) is 0.694. The highest BCUT2D eigenvalue weighted by molar-refractivity contribution is 5.78. The molecule has 3 saturated heterocycles. The average Bonchev–Trinajstić information content (AvgIpc) is 3.27. The van der Waals surface area contributed by atoms with Crippen LogP contribution in [0.4, 0.5) is 0 Å². The molecule has 1 spiro atoms. The van der Waals surface area contributed by atoms with Gasteiger partial charge in [-0.25, -0.2) is 0 Å². The van der Waals surface area contributed by atoms with Crippen molar-refractivity contribution in [2.75, 3.05) is 6.61 Å². The third-order valence-corrected chi connectivity index (χ3v) is 10.1. The molecular formula is C36H52O8. The first-order chi connectivity index (χ1) is 20.7. The van der Waals surface area contributed by atoms with E-state index in [1.807, 2.05) is 26.0 Å². The number of hydrogen-bond donors (Lipinski definition) is 3. The van der Waals surface area contributed by atoms with E-state index in [2.05, 4.69) is 45.9 Å². The van der Waals surface area contributed by atoms with Crippen molar-refractivity contribution in [2.24, 2.45) is 23.7 Å². The van der Waals surface area contributed by atoms with E-state index in [-0.39, 0.29) is 43.5 Å². The van der Waals surface area contributed by atoms with E-state index in [4.69, 9.17) is 18.9 Å². The number of allylic oxidation sites excluding steroid dienone is 5. The lowest BCUT2D eigenvalue weighted by Crippen LogP contribution is -2.59. The maximum atomic E-state index is 14.0. The van der Waals surface area contributed by atoms with E-state index < -0.39 is 47.7 Å². The SMILES string of the molecule is CC1=CC[C@@H]2C[C@@H](C[C@]3(C[C@H](O)[C@H](C)[C@@H](C(C)=CC(C)C)O3)O2)OC(=O)[C@@H]2C=C(C)[C@@H](O)[C@H]3OCC(=CC=C[C@H](C)C1)[C@]32O. The number of hydrogen-bond acceptors (Lipinski definition) is 8. The van der Waals surface area contributed by atoms with Gasteiger partial charge in [0.2, 0.25) is 0 Å². The van der Waals surface area contributed by atoms with Crippen LogP contribution in [0.15, 0.2) is 58.7 Å². The Morgan fingerprint density at radius 2 is 1.86 bits per heavy atom. The normalized spacial score (nSPS) is 43.7. The van der Waals surface area contributed by atoms with Crippen LogP contribution in [-0.2, 0) is 23.7 Å². The lowest BCUT2D eigenvalue weighted by Gasteiger charge is -2.51. The van der Waals surface area contributed by atoms with Gasteiger partial charge in [-0.3, -0.25) is 4.79 Å². The first-order valence-corrected chi connectivity index (χ1v) is 16.4. The summed E-state index contributed by atoms with van der Waals surface area (Å²) < 4.78 is 25.7. The Morgan fingerprint density at radius 3 is 2.59 bits per heavy atom. The highest BCUT2D eigenvalue weighted by Gasteiger charge is 2.60. The summed E-state index contributed by atoms with van der Waals surface area (Å²) in [4.78, 5) is 14.0. The van der Waals surface area contributed by atoms with Gasteiger partial charge in [-0.05, 0) is 62.2 Å². The monoisotopic (exact) mass is 612 g/mol. The van der Waals surface area contributed by atoms with Crippen molar-refractivity contribution in [1.82, 2.24) is 0 Å². The molecule has 1 aliphatic carbocycles. The summed E-state index contributed by atoms with van der Waals surface area (Å²) in [6, 6.07) is 0. The molecule has 0 amide bonds. The molecule has 44 heavy (non-hydrogen) atoms. The summed E-state index contributed by atoms with van der Waals surface area (Å²) in [5.41, 5.74) is 1.64. The zero-order chi connectivity index (χ0) is 32.0. The average molecular weight is 613 g/mol. The van der Waals surface area contributed by atoms with Crippen molar-refractivity contribution in [1.29, 1.82) is 0 Å². The number of carbonyl (C=O) groups excluding carboxylic acids is 1. The molecule has 4 aliphatic heterocycles. The van der Waals surface area contributed by atoms with Crippen LogP contribution in [0.25, 0.3) is 0 Å². The lowest BCUT2D eigenvalue weighted by molar-refractivity contribution is -0.342. The summed E-state index contributed by atoms with van der Waals surface area (Å²) in [5.74, 6) is -2.31. The largest absolute Gasteiger partial charge is 0.462 e. The van der Waals surface area contributed by atoms with Crippen LogP contribution in [-0.4, -0.2) is 75.9 Å². The number of rotatable bonds is 2. The third-order valence-electron chi connectivity index (χ3n) is 10.1. The van der Waals surface area contributed by atoms with Crippen molar-refractivity contribution >= 4 is 5.97 Å². The predicted molar refractivity (Wildman–Crippen MR) is 167 cm³/mol. The van der Waals surface area contributed by atoms with Gasteiger partial charge in [0.1, 0.15) is 29.8 Å². The fourth-order valence-corrected chi connectivity index (χ4v) is 7.85. The van der Waals surface area contributed by atoms with Gasteiger partial charge >= 0.3 is 5.97 Å². The molecule has 8 heteroatoms. The minimum atomic E-state index is -1.74. The Bertz CT molecular complexity index is 1240. The van der Waals surface area contributed by atoms with Gasteiger partial charge in [0, 0.05) is 25.2 Å². The molecule has 0 unspecified atom stereocenters. The van der Waals surface area contributed by atoms with Gasteiger partial charge in [-0.15, -0.1) is 0 Å². The van der Waals surface area contributed by atoms with Gasteiger partial charge < -0.3 is 34.3 Å². The van der Waals surface area contributed by atoms with Crippen LogP contribution < -0.4 is 0 Å². The van der Waals surface area contributed by atoms with Crippen molar-refractivity contribution < 1.29 is 39.1 Å². The molecule has 3 N–H and O–H groups in total. The maximum absolute atomic E-state index is 14.0. The first-order valence-electron chi connectivity index (χ1n) is 16.4. The molecule has 0 radical (unpaired) electrons. The van der Waals surface area contributed by atoms with Crippen molar-refractivity contribution in [3.63, 3.8) is 0 Å². The van der Waals surface area contributed by atoms with Crippen molar-refractivity contribution in [3.05, 3.63) is 58.7 Å². The Balaban J connectivity index is 1.52. The quantitative estimate of drug-likeness (QED) is 0.292. The first kappa shape index (κ1) is 33.3. The zero-order valence-corrected chi connectivity index (χ0v) is 27.4. The van der Waals surface area contributed by atoms with Crippen molar-refractivity contribution in [2.45, 2.75) is 129 Å². The van der Waals surface area contributed by atoms with Crippen LogP contribution in [0.1, 0.15) is 80.6 Å². The Kier molecular flexibility index (Phi) is 9.82. The van der Waals surface area contributed by atoms with E-state index >= 15 is 0 Å². The van der Waals surface area contributed by atoms with Gasteiger partial charge in [0.25, 0.3) is 0 Å². The Hall–Kier alpha value is -2.07. The molecule has 3 fully saturated rings. The van der Waals surface area contributed by atoms with Crippen molar-refractivity contribution in [3.8, 4) is 0 Å². The molecule has 8 nitrogen and oxygen atoms in total. The zero-order valence-electron chi connectivity index (χ0n) is 27.4. The van der Waals surface area contributed by atoms with E-state index in [1.165, 1.54) is 5.57 Å². The number of esters is 1. The van der Waals surface area contributed by atoms with E-state index in [9.17, 15) is 20.1 Å². The minimum Gasteiger partial charge on any atom is -0.462 e. The summed E-state index contributed by atoms with van der Waals surface area (Å²) >= 11 is 0. The standard InChI is InChI=1S/C36H52O8/c1-20(2)13-24(6)32-25(7)30(37)18-35(44-32)17-28-16-27(43-35)12-11-22(4)14-21(3)9-8-10-26-19-41-33-31(38)23(5)15-29(34(39)42-28)36(26,33)40/h8-11,13,15,20-21,25,27-33,37-38,40H,12,14,16-19H2,1-7H3/t21-,25-,27+,28-,29-,30-,31+,32+,33+,35-,36+/m0/s1. The van der Waals surface area contributed by atoms with Gasteiger partial charge in [-0.1, -0.05) is 69.7 Å². The molecule has 5 rings (SSSR count). The number of carbonyl (C=O) groups is 1. The number of aliphatic hydroxyl groups excluding tert-OH is 2. The molecule has 5 aliphatic rings. The second kappa shape index (κ2) is 13.0. The maximum Gasteiger partial charge on any atom is 0.316 e. The van der Waals surface area contributed by atoms with Gasteiger partial charge in [-0.2, -0.15) is 0 Å². The molecule has 0 aromatic carbocycles. The number of ether oxygens (including phenoxy) is 4. The molecule has 11 atom stereocenters. The third kappa shape index (κ3) is 6.58. The Labute approximate surface area is 262 Å². The Morgan fingerprint density at radius 1 is 1.11 bits per heavy atom. The van der Waals surface area contributed by atoms with Crippen LogP contribution in [0.2, 0.25) is 0 Å².